The van der Waals surface area contributed by atoms with Gasteiger partial charge in [0.2, 0.25) is 11.5 Å². The number of aromatic nitrogens is 1. The van der Waals surface area contributed by atoms with E-state index in [2.05, 4.69) is 4.98 Å². The molecular weight excluding hydrogens is 210 g/mol. The Bertz CT molecular complexity index is 401. The van der Waals surface area contributed by atoms with Crippen molar-refractivity contribution in [3.63, 3.8) is 0 Å². The summed E-state index contributed by atoms with van der Waals surface area (Å²) in [6.07, 6.45) is 2.50. The summed E-state index contributed by atoms with van der Waals surface area (Å²) in [5.41, 5.74) is -0.603. The molecule has 1 heterocycles. The number of nitrogens with zero attached hydrogens (tertiary/aromatic N) is 1. The smallest absolute Gasteiger partial charge is 0.347 e. The highest BCUT2D eigenvalue weighted by Gasteiger charge is 2.29. The van der Waals surface area contributed by atoms with Crippen LogP contribution < -0.4 is 4.74 Å². The minimum absolute atomic E-state index is 0.201. The second kappa shape index (κ2) is 4.74. The Balaban J connectivity index is 2.85. The zero-order chi connectivity index (χ0) is 12.2. The summed E-state index contributed by atoms with van der Waals surface area (Å²) >= 11 is 0. The van der Waals surface area contributed by atoms with E-state index in [-0.39, 0.29) is 12.3 Å². The van der Waals surface area contributed by atoms with Crippen LogP contribution in [0.15, 0.2) is 18.3 Å². The first-order chi connectivity index (χ1) is 7.45. The Morgan fingerprint density at radius 1 is 1.62 bits per heavy atom. The molecule has 0 aliphatic heterocycles. The predicted molar refractivity (Wildman–Crippen MR) is 56.3 cm³/mol. The van der Waals surface area contributed by atoms with Gasteiger partial charge in [-0.1, -0.05) is 0 Å². The lowest BCUT2D eigenvalue weighted by Gasteiger charge is -2.20. The molecule has 0 radical (unpaired) electrons. The molecule has 0 spiro atoms. The van der Waals surface area contributed by atoms with Gasteiger partial charge < -0.3 is 14.6 Å². The van der Waals surface area contributed by atoms with Gasteiger partial charge in [-0.15, -0.1) is 0 Å². The van der Waals surface area contributed by atoms with E-state index >= 15 is 0 Å². The van der Waals surface area contributed by atoms with E-state index in [0.717, 1.165) is 11.8 Å². The van der Waals surface area contributed by atoms with Crippen molar-refractivity contribution >= 4 is 12.3 Å². The molecule has 5 heteroatoms. The lowest BCUT2D eigenvalue weighted by Crippen LogP contribution is -2.38. The van der Waals surface area contributed by atoms with Crippen LogP contribution in [0.2, 0.25) is 0 Å². The van der Waals surface area contributed by atoms with Crippen LogP contribution in [0.5, 0.6) is 5.88 Å². The molecule has 1 aromatic rings. The van der Waals surface area contributed by atoms with E-state index in [1.54, 1.807) is 12.1 Å². The molecule has 1 N–H and O–H groups in total. The Morgan fingerprint density at radius 3 is 2.88 bits per heavy atom. The molecule has 0 unspecified atom stereocenters. The fraction of sp³-hybridized carbons (Fsp3) is 0.364. The molecule has 0 fully saturated rings. The van der Waals surface area contributed by atoms with Crippen molar-refractivity contribution in [2.45, 2.75) is 25.9 Å². The molecule has 0 amide bonds. The summed E-state index contributed by atoms with van der Waals surface area (Å²) in [5.74, 6) is -0.873. The minimum atomic E-state index is -1.34. The number of carboxylic acid groups (broad SMARTS) is 1. The molecule has 86 valence electrons. The number of rotatable bonds is 5. The summed E-state index contributed by atoms with van der Waals surface area (Å²) < 4.78 is 5.22. The van der Waals surface area contributed by atoms with Crippen LogP contribution in [0.4, 0.5) is 0 Å². The quantitative estimate of drug-likeness (QED) is 0.755. The number of carbonyl (C=O) groups is 2. The van der Waals surface area contributed by atoms with Crippen molar-refractivity contribution in [2.75, 3.05) is 0 Å². The lowest BCUT2D eigenvalue weighted by atomic mass is 10.1. The van der Waals surface area contributed by atoms with Gasteiger partial charge >= 0.3 is 5.97 Å². The summed E-state index contributed by atoms with van der Waals surface area (Å²) in [7, 11) is 0. The molecule has 0 saturated carbocycles. The molecule has 1 rings (SSSR count). The van der Waals surface area contributed by atoms with Crippen molar-refractivity contribution in [1.29, 1.82) is 0 Å². The van der Waals surface area contributed by atoms with Gasteiger partial charge in [-0.2, -0.15) is 0 Å². The van der Waals surface area contributed by atoms with Crippen LogP contribution in [0, 0.1) is 0 Å². The minimum Gasteiger partial charge on any atom is -0.478 e. The van der Waals surface area contributed by atoms with Crippen LogP contribution in [-0.2, 0) is 16.0 Å². The van der Waals surface area contributed by atoms with Crippen LogP contribution in [0.3, 0.4) is 0 Å². The van der Waals surface area contributed by atoms with Gasteiger partial charge in [0.1, 0.15) is 6.29 Å². The van der Waals surface area contributed by atoms with Crippen LogP contribution in [-0.4, -0.2) is 27.9 Å². The molecule has 16 heavy (non-hydrogen) atoms. The molecule has 0 atom stereocenters. The maximum absolute atomic E-state index is 10.8. The second-order valence-electron chi connectivity index (χ2n) is 3.79. The standard InChI is InChI=1S/C11H13NO4/c1-11(2,10(14)15)16-9-7-8(4-6-13)3-5-12-9/h3,5-7H,4H2,1-2H3,(H,14,15). The van der Waals surface area contributed by atoms with Crippen molar-refractivity contribution in [3.05, 3.63) is 23.9 Å². The lowest BCUT2D eigenvalue weighted by molar-refractivity contribution is -0.152. The molecule has 0 saturated heterocycles. The van der Waals surface area contributed by atoms with E-state index in [1.807, 2.05) is 0 Å². The predicted octanol–water partition coefficient (Wildman–Crippen LogP) is 1.06. The largest absolute Gasteiger partial charge is 0.478 e. The number of ether oxygens (including phenoxy) is 1. The SMILES string of the molecule is CC(C)(Oc1cc(CC=O)ccn1)C(=O)O. The highest BCUT2D eigenvalue weighted by atomic mass is 16.5. The van der Waals surface area contributed by atoms with Gasteiger partial charge in [0.15, 0.2) is 0 Å². The molecule has 5 nitrogen and oxygen atoms in total. The van der Waals surface area contributed by atoms with Gasteiger partial charge in [-0.25, -0.2) is 9.78 Å². The molecule has 0 aliphatic carbocycles. The number of pyridine rings is 1. The van der Waals surface area contributed by atoms with Crippen LogP contribution >= 0.6 is 0 Å². The van der Waals surface area contributed by atoms with E-state index in [4.69, 9.17) is 9.84 Å². The first-order valence-corrected chi connectivity index (χ1v) is 4.76. The van der Waals surface area contributed by atoms with E-state index in [0.29, 0.717) is 0 Å². The second-order valence-corrected chi connectivity index (χ2v) is 3.79. The van der Waals surface area contributed by atoms with E-state index < -0.39 is 11.6 Å². The maximum atomic E-state index is 10.8. The summed E-state index contributed by atoms with van der Waals surface area (Å²) in [6.45, 7) is 2.87. The zero-order valence-corrected chi connectivity index (χ0v) is 9.14. The van der Waals surface area contributed by atoms with E-state index in [9.17, 15) is 9.59 Å². The fourth-order valence-electron chi connectivity index (χ4n) is 1.03. The monoisotopic (exact) mass is 223 g/mol. The highest BCUT2D eigenvalue weighted by molar-refractivity contribution is 5.76. The van der Waals surface area contributed by atoms with Crippen LogP contribution in [0.25, 0.3) is 0 Å². The van der Waals surface area contributed by atoms with Crippen molar-refractivity contribution in [1.82, 2.24) is 4.98 Å². The van der Waals surface area contributed by atoms with Crippen molar-refractivity contribution in [2.24, 2.45) is 0 Å². The fourth-order valence-corrected chi connectivity index (χ4v) is 1.03. The topological polar surface area (TPSA) is 76.5 Å². The van der Waals surface area contributed by atoms with Gasteiger partial charge in [0, 0.05) is 18.7 Å². The third-order valence-electron chi connectivity index (χ3n) is 1.99. The summed E-state index contributed by atoms with van der Waals surface area (Å²) in [4.78, 5) is 25.0. The molecule has 1 aromatic heterocycles. The summed E-state index contributed by atoms with van der Waals surface area (Å²) in [6, 6.07) is 3.23. The Morgan fingerprint density at radius 2 is 2.31 bits per heavy atom. The summed E-state index contributed by atoms with van der Waals surface area (Å²) in [5, 5.41) is 8.87. The number of carbonyl (C=O) groups excluding carboxylic acids is 1. The van der Waals surface area contributed by atoms with Crippen LogP contribution in [0.1, 0.15) is 19.4 Å². The number of aldehydes is 1. The van der Waals surface area contributed by atoms with Gasteiger partial charge in [-0.05, 0) is 25.5 Å². The molecule has 0 aromatic carbocycles. The molecule has 0 aliphatic rings. The van der Waals surface area contributed by atoms with Crippen molar-refractivity contribution in [3.8, 4) is 5.88 Å². The van der Waals surface area contributed by atoms with Crippen molar-refractivity contribution < 1.29 is 19.4 Å². The zero-order valence-electron chi connectivity index (χ0n) is 9.14. The van der Waals surface area contributed by atoms with E-state index in [1.165, 1.54) is 20.0 Å². The average Bonchev–Trinajstić information content (AvgIpc) is 2.17. The molecular formula is C11H13NO4. The number of carboxylic acids is 1. The highest BCUT2D eigenvalue weighted by Crippen LogP contribution is 2.17. The van der Waals surface area contributed by atoms with Gasteiger partial charge in [0.05, 0.1) is 0 Å². The Kier molecular flexibility index (Phi) is 3.60. The molecule has 0 bridgehead atoms. The Labute approximate surface area is 93.1 Å². The Hall–Kier alpha value is -1.91. The normalized spacial score (nSPS) is 10.9. The van der Waals surface area contributed by atoms with Gasteiger partial charge in [0.25, 0.3) is 0 Å². The first-order valence-electron chi connectivity index (χ1n) is 4.76. The average molecular weight is 223 g/mol. The third-order valence-corrected chi connectivity index (χ3v) is 1.99. The third kappa shape index (κ3) is 3.05. The number of hydrogen-bond donors (Lipinski definition) is 1. The number of hydrogen-bond acceptors (Lipinski definition) is 4. The van der Waals surface area contributed by atoms with Gasteiger partial charge in [-0.3, -0.25) is 0 Å². The first kappa shape index (κ1) is 12.2. The number of aliphatic carboxylic acids is 1. The maximum Gasteiger partial charge on any atom is 0.347 e.